The summed E-state index contributed by atoms with van der Waals surface area (Å²) in [5.41, 5.74) is 5.77. The van der Waals surface area contributed by atoms with Gasteiger partial charge in [0.15, 0.2) is 0 Å². The second-order valence-electron chi connectivity index (χ2n) is 6.85. The molecule has 25 heavy (non-hydrogen) atoms. The second kappa shape index (κ2) is 5.90. The van der Waals surface area contributed by atoms with Gasteiger partial charge in [-0.3, -0.25) is 4.55 Å². The third kappa shape index (κ3) is 3.21. The molecule has 11 nitrogen and oxygen atoms in total. The van der Waals surface area contributed by atoms with Crippen molar-refractivity contribution in [3.63, 3.8) is 0 Å². The van der Waals surface area contributed by atoms with E-state index >= 15 is 0 Å². The summed E-state index contributed by atoms with van der Waals surface area (Å²) in [6, 6.07) is -1.26. The van der Waals surface area contributed by atoms with Crippen molar-refractivity contribution in [2.24, 2.45) is 11.7 Å². The van der Waals surface area contributed by atoms with Gasteiger partial charge in [0.05, 0.1) is 6.04 Å². The highest BCUT2D eigenvalue weighted by Gasteiger charge is 2.49. The van der Waals surface area contributed by atoms with Crippen molar-refractivity contribution in [2.45, 2.75) is 50.2 Å². The number of carbonyl (C=O) groups is 1. The number of aromatic nitrogens is 2. The molecule has 3 N–H and O–H groups in total. The Kier molecular flexibility index (Phi) is 3.94. The molecule has 1 saturated carbocycles. The number of nitrogens with zero attached hydrogens (tertiary/aromatic N) is 4. The molecule has 0 aromatic carbocycles. The van der Waals surface area contributed by atoms with Gasteiger partial charge in [0.2, 0.25) is 11.8 Å². The summed E-state index contributed by atoms with van der Waals surface area (Å²) in [5.74, 6) is 1.30. The first-order valence-electron chi connectivity index (χ1n) is 8.15. The van der Waals surface area contributed by atoms with Crippen molar-refractivity contribution in [2.75, 3.05) is 6.54 Å². The molecule has 2 saturated heterocycles. The molecule has 138 valence electrons. The summed E-state index contributed by atoms with van der Waals surface area (Å²) in [5, 5.41) is 8.80. The molecule has 3 aliphatic rings. The van der Waals surface area contributed by atoms with Crippen LogP contribution in [0.5, 0.6) is 0 Å². The molecule has 2 aliphatic heterocycles. The molecule has 2 bridgehead atoms. The molecule has 3 fully saturated rings. The van der Waals surface area contributed by atoms with E-state index in [9.17, 15) is 13.2 Å². The maximum Gasteiger partial charge on any atom is 0.418 e. The number of piperidine rings is 1. The number of amides is 2. The number of urea groups is 1. The van der Waals surface area contributed by atoms with Gasteiger partial charge in [0, 0.05) is 19.0 Å². The van der Waals surface area contributed by atoms with Gasteiger partial charge in [-0.2, -0.15) is 13.5 Å². The molecule has 0 unspecified atom stereocenters. The van der Waals surface area contributed by atoms with Gasteiger partial charge in [0.1, 0.15) is 6.04 Å². The van der Waals surface area contributed by atoms with E-state index in [-0.39, 0.29) is 12.6 Å². The van der Waals surface area contributed by atoms with Gasteiger partial charge < -0.3 is 15.1 Å². The predicted molar refractivity (Wildman–Crippen MR) is 81.0 cm³/mol. The normalized spacial score (nSPS) is 32.2. The van der Waals surface area contributed by atoms with Crippen LogP contribution in [-0.4, -0.2) is 57.8 Å². The van der Waals surface area contributed by atoms with E-state index in [2.05, 4.69) is 14.5 Å². The van der Waals surface area contributed by atoms with E-state index in [1.807, 2.05) is 0 Å². The van der Waals surface area contributed by atoms with E-state index in [0.717, 1.165) is 12.8 Å². The van der Waals surface area contributed by atoms with Crippen molar-refractivity contribution in [1.29, 1.82) is 0 Å². The van der Waals surface area contributed by atoms with Crippen LogP contribution in [0.3, 0.4) is 0 Å². The smallest absolute Gasteiger partial charge is 0.418 e. The molecule has 1 aromatic rings. The summed E-state index contributed by atoms with van der Waals surface area (Å²) in [4.78, 5) is 13.8. The van der Waals surface area contributed by atoms with E-state index in [0.29, 0.717) is 42.0 Å². The first-order valence-corrected chi connectivity index (χ1v) is 9.51. The molecule has 12 heteroatoms. The molecule has 0 radical (unpaired) electrons. The SMILES string of the molecule is NC1CC(Cc2nnc([C@@H]3CC[C@@H]4CN3C(=O)N4OS(=O)(=O)O)o2)C1. The maximum atomic E-state index is 12.4. The van der Waals surface area contributed by atoms with Crippen LogP contribution >= 0.6 is 0 Å². The first-order chi connectivity index (χ1) is 11.8. The lowest BCUT2D eigenvalue weighted by Crippen LogP contribution is -2.37. The Morgan fingerprint density at radius 2 is 2.08 bits per heavy atom. The Bertz CT molecular complexity index is 776. The fraction of sp³-hybridized carbons (Fsp3) is 0.769. The highest BCUT2D eigenvalue weighted by atomic mass is 32.3. The van der Waals surface area contributed by atoms with E-state index in [4.69, 9.17) is 14.7 Å². The van der Waals surface area contributed by atoms with Crippen LogP contribution in [0.1, 0.15) is 43.5 Å². The number of carbonyl (C=O) groups excluding carboxylic acids is 1. The Hall–Kier alpha value is -1.76. The molecule has 2 amide bonds. The second-order valence-corrected chi connectivity index (χ2v) is 7.85. The minimum absolute atomic E-state index is 0.249. The lowest BCUT2D eigenvalue weighted by Gasteiger charge is -2.31. The monoisotopic (exact) mass is 373 g/mol. The topological polar surface area (TPSA) is 152 Å². The van der Waals surface area contributed by atoms with Gasteiger partial charge in [-0.1, -0.05) is 0 Å². The van der Waals surface area contributed by atoms with Gasteiger partial charge in [-0.15, -0.1) is 14.5 Å². The Morgan fingerprint density at radius 1 is 1.32 bits per heavy atom. The van der Waals surface area contributed by atoms with Crippen LogP contribution in [0.4, 0.5) is 4.79 Å². The van der Waals surface area contributed by atoms with Crippen LogP contribution in [0.2, 0.25) is 0 Å². The van der Waals surface area contributed by atoms with Crippen LogP contribution in [0.25, 0.3) is 0 Å². The van der Waals surface area contributed by atoms with Crippen molar-refractivity contribution in [1.82, 2.24) is 20.2 Å². The molecule has 1 aliphatic carbocycles. The maximum absolute atomic E-state index is 12.4. The van der Waals surface area contributed by atoms with E-state index in [1.165, 1.54) is 4.90 Å². The standard InChI is InChI=1S/C13H19N5O6S/c14-8-3-7(4-8)5-11-15-16-12(23-11)10-2-1-9-6-17(10)13(19)18(9)24-25(20,21)22/h7-10H,1-6,14H2,(H,20,21,22)/t7?,8?,9-,10+/m1/s1. The van der Waals surface area contributed by atoms with Gasteiger partial charge >= 0.3 is 16.4 Å². The van der Waals surface area contributed by atoms with E-state index in [1.54, 1.807) is 0 Å². The van der Waals surface area contributed by atoms with Crippen molar-refractivity contribution >= 4 is 16.4 Å². The lowest BCUT2D eigenvalue weighted by atomic mass is 9.79. The molecular formula is C13H19N5O6S. The number of nitrogens with two attached hydrogens (primary N) is 1. The van der Waals surface area contributed by atoms with Crippen molar-refractivity contribution in [3.8, 4) is 0 Å². The summed E-state index contributed by atoms with van der Waals surface area (Å²) in [6.45, 7) is 0.272. The molecule has 2 atom stereocenters. The Balaban J connectivity index is 1.46. The molecular weight excluding hydrogens is 354 g/mol. The minimum atomic E-state index is -4.75. The zero-order chi connectivity index (χ0) is 17.8. The molecule has 0 spiro atoms. The number of fused-ring (bicyclic) bond motifs is 2. The average molecular weight is 373 g/mol. The van der Waals surface area contributed by atoms with Crippen LogP contribution in [0, 0.1) is 5.92 Å². The highest BCUT2D eigenvalue weighted by Crippen LogP contribution is 2.38. The third-order valence-corrected chi connectivity index (χ3v) is 5.35. The van der Waals surface area contributed by atoms with E-state index < -0.39 is 28.5 Å². The summed E-state index contributed by atoms with van der Waals surface area (Å²) in [7, 11) is -4.75. The lowest BCUT2D eigenvalue weighted by molar-refractivity contribution is -0.0317. The molecule has 4 rings (SSSR count). The third-order valence-electron chi connectivity index (χ3n) is 5.00. The summed E-state index contributed by atoms with van der Waals surface area (Å²) < 4.78 is 40.7. The highest BCUT2D eigenvalue weighted by molar-refractivity contribution is 7.80. The largest absolute Gasteiger partial charge is 0.423 e. The number of hydrogen-bond acceptors (Lipinski definition) is 8. The zero-order valence-corrected chi connectivity index (χ0v) is 14.1. The Labute approximate surface area is 144 Å². The minimum Gasteiger partial charge on any atom is -0.423 e. The number of rotatable bonds is 5. The zero-order valence-electron chi connectivity index (χ0n) is 13.3. The quantitative estimate of drug-likeness (QED) is 0.680. The molecule has 1 aromatic heterocycles. The number of hydrogen-bond donors (Lipinski definition) is 2. The fourth-order valence-electron chi connectivity index (χ4n) is 3.77. The number of hydroxylamine groups is 2. The summed E-state index contributed by atoms with van der Waals surface area (Å²) in [6.07, 6.45) is 3.59. The summed E-state index contributed by atoms with van der Waals surface area (Å²) >= 11 is 0. The molecule has 3 heterocycles. The fourth-order valence-corrected chi connectivity index (χ4v) is 4.16. The van der Waals surface area contributed by atoms with Crippen molar-refractivity contribution in [3.05, 3.63) is 11.8 Å². The predicted octanol–water partition coefficient (Wildman–Crippen LogP) is 0.0249. The van der Waals surface area contributed by atoms with Crippen molar-refractivity contribution < 1.29 is 26.5 Å². The van der Waals surface area contributed by atoms with Gasteiger partial charge in [-0.05, 0) is 31.6 Å². The Morgan fingerprint density at radius 3 is 2.76 bits per heavy atom. The van der Waals surface area contributed by atoms with Gasteiger partial charge in [-0.25, -0.2) is 4.79 Å². The van der Waals surface area contributed by atoms with Crippen LogP contribution in [-0.2, 0) is 21.1 Å². The average Bonchev–Trinajstić information content (AvgIpc) is 3.05. The van der Waals surface area contributed by atoms with Gasteiger partial charge in [0.25, 0.3) is 0 Å². The van der Waals surface area contributed by atoms with Crippen LogP contribution < -0.4 is 5.73 Å². The first kappa shape index (κ1) is 16.7. The van der Waals surface area contributed by atoms with Crippen LogP contribution in [0.15, 0.2) is 4.42 Å².